The van der Waals surface area contributed by atoms with E-state index in [2.05, 4.69) is 25.8 Å². The van der Waals surface area contributed by atoms with E-state index >= 15 is 0 Å². The third-order valence-electron chi connectivity index (χ3n) is 3.35. The van der Waals surface area contributed by atoms with Crippen LogP contribution in [0.5, 0.6) is 11.5 Å². The number of nitrogens with zero attached hydrogens (tertiary/aromatic N) is 3. The van der Waals surface area contributed by atoms with E-state index in [1.165, 1.54) is 0 Å². The third kappa shape index (κ3) is 4.15. The molecule has 1 aromatic carbocycles. The van der Waals surface area contributed by atoms with Gasteiger partial charge in [-0.15, -0.1) is 0 Å². The molecule has 24 heavy (non-hydrogen) atoms. The molecule has 0 saturated carbocycles. The maximum absolute atomic E-state index is 5.92. The zero-order chi connectivity index (χ0) is 16.8. The number of rotatable bonds is 5. The first-order chi connectivity index (χ1) is 11.7. The van der Waals surface area contributed by atoms with Crippen LogP contribution in [0, 0.1) is 6.92 Å². The molecule has 1 aliphatic heterocycles. The van der Waals surface area contributed by atoms with Gasteiger partial charge in [-0.2, -0.15) is 4.98 Å². The molecule has 128 valence electrons. The van der Waals surface area contributed by atoms with Gasteiger partial charge in [-0.3, -0.25) is 0 Å². The Hall–Kier alpha value is -2.77. The Labute approximate surface area is 140 Å². The van der Waals surface area contributed by atoms with Gasteiger partial charge in [0.1, 0.15) is 19.3 Å². The largest absolute Gasteiger partial charge is 0.486 e. The number of para-hydroxylation sites is 2. The van der Waals surface area contributed by atoms with Crippen molar-refractivity contribution in [1.82, 2.24) is 20.8 Å². The van der Waals surface area contributed by atoms with E-state index in [1.54, 1.807) is 6.92 Å². The lowest BCUT2D eigenvalue weighted by Gasteiger charge is -2.27. The second kappa shape index (κ2) is 7.67. The molecule has 1 aliphatic rings. The number of fused-ring (bicyclic) bond motifs is 1. The van der Waals surface area contributed by atoms with E-state index < -0.39 is 0 Å². The molecule has 0 radical (unpaired) electrons. The maximum atomic E-state index is 5.92. The van der Waals surface area contributed by atoms with Crippen molar-refractivity contribution in [3.8, 4) is 11.5 Å². The normalized spacial score (nSPS) is 16.8. The van der Waals surface area contributed by atoms with Crippen LogP contribution in [0.1, 0.15) is 18.6 Å². The molecule has 2 N–H and O–H groups in total. The Bertz CT molecular complexity index is 701. The van der Waals surface area contributed by atoms with Gasteiger partial charge in [0.2, 0.25) is 5.89 Å². The smallest absolute Gasteiger partial charge is 0.248 e. The average Bonchev–Trinajstić information content (AvgIpc) is 3.02. The number of benzene rings is 1. The SMILES string of the molecule is CCNC(=NCc1nc(C)no1)NCC1COc2ccccc2O1. The van der Waals surface area contributed by atoms with Crippen molar-refractivity contribution in [3.05, 3.63) is 36.0 Å². The fraction of sp³-hybridized carbons (Fsp3) is 0.438. The topological polar surface area (TPSA) is 93.8 Å². The van der Waals surface area contributed by atoms with E-state index in [1.807, 2.05) is 31.2 Å². The predicted octanol–water partition coefficient (Wildman–Crippen LogP) is 1.27. The summed E-state index contributed by atoms with van der Waals surface area (Å²) in [5.41, 5.74) is 0. The zero-order valence-electron chi connectivity index (χ0n) is 13.8. The second-order valence-corrected chi connectivity index (χ2v) is 5.31. The van der Waals surface area contributed by atoms with Gasteiger partial charge in [0.15, 0.2) is 23.3 Å². The Morgan fingerprint density at radius 1 is 1.29 bits per heavy atom. The van der Waals surface area contributed by atoms with Crippen LogP contribution in [0.2, 0.25) is 0 Å². The van der Waals surface area contributed by atoms with Gasteiger partial charge in [0, 0.05) is 6.54 Å². The minimum atomic E-state index is -0.0885. The van der Waals surface area contributed by atoms with Gasteiger partial charge < -0.3 is 24.6 Å². The number of guanidine groups is 1. The van der Waals surface area contributed by atoms with Gasteiger partial charge in [-0.05, 0) is 26.0 Å². The Morgan fingerprint density at radius 2 is 2.12 bits per heavy atom. The molecule has 0 fully saturated rings. The first-order valence-corrected chi connectivity index (χ1v) is 7.94. The number of aryl methyl sites for hydroxylation is 1. The molecule has 0 spiro atoms. The number of aliphatic imine (C=N–C) groups is 1. The monoisotopic (exact) mass is 331 g/mol. The van der Waals surface area contributed by atoms with Crippen LogP contribution in [-0.2, 0) is 6.54 Å². The summed E-state index contributed by atoms with van der Waals surface area (Å²) in [7, 11) is 0. The summed E-state index contributed by atoms with van der Waals surface area (Å²) in [5.74, 6) is 3.29. The highest BCUT2D eigenvalue weighted by atomic mass is 16.6. The summed E-state index contributed by atoms with van der Waals surface area (Å²) in [4.78, 5) is 8.56. The fourth-order valence-electron chi connectivity index (χ4n) is 2.27. The first-order valence-electron chi connectivity index (χ1n) is 7.94. The van der Waals surface area contributed by atoms with E-state index in [0.29, 0.717) is 37.4 Å². The lowest BCUT2D eigenvalue weighted by molar-refractivity contribution is 0.0936. The van der Waals surface area contributed by atoms with E-state index in [4.69, 9.17) is 14.0 Å². The molecule has 8 heteroatoms. The maximum Gasteiger partial charge on any atom is 0.248 e. The van der Waals surface area contributed by atoms with Crippen LogP contribution < -0.4 is 20.1 Å². The number of hydrogen-bond acceptors (Lipinski definition) is 6. The van der Waals surface area contributed by atoms with E-state index in [0.717, 1.165) is 18.0 Å². The summed E-state index contributed by atoms with van der Waals surface area (Å²) in [6, 6.07) is 7.65. The van der Waals surface area contributed by atoms with Crippen molar-refractivity contribution in [1.29, 1.82) is 0 Å². The fourth-order valence-corrected chi connectivity index (χ4v) is 2.27. The van der Waals surface area contributed by atoms with E-state index in [9.17, 15) is 0 Å². The second-order valence-electron chi connectivity index (χ2n) is 5.31. The number of ether oxygens (including phenoxy) is 2. The molecule has 1 aromatic heterocycles. The molecule has 0 amide bonds. The summed E-state index contributed by atoms with van der Waals surface area (Å²) < 4.78 is 16.7. The molecule has 3 rings (SSSR count). The molecule has 0 aliphatic carbocycles. The summed E-state index contributed by atoms with van der Waals surface area (Å²) in [6.45, 7) is 5.92. The highest BCUT2D eigenvalue weighted by Crippen LogP contribution is 2.30. The van der Waals surface area contributed by atoms with Crippen molar-refractivity contribution in [3.63, 3.8) is 0 Å². The Morgan fingerprint density at radius 3 is 2.88 bits per heavy atom. The molecular formula is C16H21N5O3. The minimum Gasteiger partial charge on any atom is -0.486 e. The molecule has 0 saturated heterocycles. The highest BCUT2D eigenvalue weighted by Gasteiger charge is 2.20. The first kappa shape index (κ1) is 16.1. The van der Waals surface area contributed by atoms with Crippen molar-refractivity contribution < 1.29 is 14.0 Å². The number of aromatic nitrogens is 2. The van der Waals surface area contributed by atoms with Crippen molar-refractivity contribution >= 4 is 5.96 Å². The summed E-state index contributed by atoms with van der Waals surface area (Å²) >= 11 is 0. The van der Waals surface area contributed by atoms with Gasteiger partial charge in [-0.1, -0.05) is 17.3 Å². The van der Waals surface area contributed by atoms with Crippen LogP contribution in [0.15, 0.2) is 33.8 Å². The lowest BCUT2D eigenvalue weighted by Crippen LogP contribution is -2.45. The third-order valence-corrected chi connectivity index (χ3v) is 3.35. The van der Waals surface area contributed by atoms with Crippen LogP contribution >= 0.6 is 0 Å². The standard InChI is InChI=1S/C16H21N5O3/c1-3-17-16(19-9-15-20-11(2)21-24-15)18-8-12-10-22-13-6-4-5-7-14(13)23-12/h4-7,12H,3,8-10H2,1-2H3,(H2,17,18,19). The zero-order valence-corrected chi connectivity index (χ0v) is 13.8. The average molecular weight is 331 g/mol. The molecule has 2 aromatic rings. The van der Waals surface area contributed by atoms with Crippen molar-refractivity contribution in [2.24, 2.45) is 4.99 Å². The van der Waals surface area contributed by atoms with Gasteiger partial charge in [-0.25, -0.2) is 4.99 Å². The van der Waals surface area contributed by atoms with Crippen LogP contribution in [0.4, 0.5) is 0 Å². The molecule has 8 nitrogen and oxygen atoms in total. The van der Waals surface area contributed by atoms with Crippen LogP contribution in [0.25, 0.3) is 0 Å². The van der Waals surface area contributed by atoms with Gasteiger partial charge in [0.25, 0.3) is 0 Å². The molecule has 1 unspecified atom stereocenters. The minimum absolute atomic E-state index is 0.0885. The molecule has 1 atom stereocenters. The van der Waals surface area contributed by atoms with Crippen LogP contribution in [-0.4, -0.2) is 41.9 Å². The number of nitrogens with one attached hydrogen (secondary N) is 2. The van der Waals surface area contributed by atoms with E-state index in [-0.39, 0.29) is 6.10 Å². The predicted molar refractivity (Wildman–Crippen MR) is 88.2 cm³/mol. The number of hydrogen-bond donors (Lipinski definition) is 2. The van der Waals surface area contributed by atoms with Gasteiger partial charge >= 0.3 is 0 Å². The van der Waals surface area contributed by atoms with Gasteiger partial charge in [0.05, 0.1) is 6.54 Å². The quantitative estimate of drug-likeness (QED) is 0.629. The molecule has 2 heterocycles. The van der Waals surface area contributed by atoms with Crippen molar-refractivity contribution in [2.45, 2.75) is 26.5 Å². The molecular weight excluding hydrogens is 310 g/mol. The summed E-state index contributed by atoms with van der Waals surface area (Å²) in [6.07, 6.45) is -0.0885. The van der Waals surface area contributed by atoms with Crippen molar-refractivity contribution in [2.75, 3.05) is 19.7 Å². The highest BCUT2D eigenvalue weighted by molar-refractivity contribution is 5.79. The summed E-state index contributed by atoms with van der Waals surface area (Å²) in [5, 5.41) is 10.2. The molecule has 0 bridgehead atoms. The lowest BCUT2D eigenvalue weighted by atomic mass is 10.2. The Kier molecular flexibility index (Phi) is 5.15. The Balaban J connectivity index is 1.54. The van der Waals surface area contributed by atoms with Crippen LogP contribution in [0.3, 0.4) is 0 Å².